The monoisotopic (exact) mass is 335 g/mol. The summed E-state index contributed by atoms with van der Waals surface area (Å²) >= 11 is 1.43. The van der Waals surface area contributed by atoms with Crippen molar-refractivity contribution in [3.63, 3.8) is 0 Å². The van der Waals surface area contributed by atoms with Gasteiger partial charge in [0.1, 0.15) is 0 Å². The molecule has 118 valence electrons. The van der Waals surface area contributed by atoms with E-state index >= 15 is 0 Å². The molecule has 0 aliphatic heterocycles. The molecule has 24 heavy (non-hydrogen) atoms. The summed E-state index contributed by atoms with van der Waals surface area (Å²) in [6.07, 6.45) is 1.69. The average Bonchev–Trinajstić information content (AvgIpc) is 3.29. The second kappa shape index (κ2) is 6.25. The number of hydrogen-bond donors (Lipinski definition) is 1. The molecule has 1 N–H and O–H groups in total. The van der Waals surface area contributed by atoms with Crippen molar-refractivity contribution in [1.29, 1.82) is 0 Å². The molecular weight excluding hydrogens is 322 g/mol. The summed E-state index contributed by atoms with van der Waals surface area (Å²) in [7, 11) is 0. The second-order valence-electron chi connectivity index (χ2n) is 5.20. The van der Waals surface area contributed by atoms with Gasteiger partial charge in [0.25, 0.3) is 5.91 Å². The summed E-state index contributed by atoms with van der Waals surface area (Å²) in [5.74, 6) is 0.483. The molecule has 0 unspecified atom stereocenters. The van der Waals surface area contributed by atoms with Crippen molar-refractivity contribution in [1.82, 2.24) is 15.3 Å². The molecule has 1 aromatic carbocycles. The van der Waals surface area contributed by atoms with Crippen molar-refractivity contribution in [2.75, 3.05) is 0 Å². The zero-order valence-corrected chi connectivity index (χ0v) is 13.4. The maximum atomic E-state index is 11.9. The molecule has 3 heterocycles. The fourth-order valence-electron chi connectivity index (χ4n) is 2.33. The summed E-state index contributed by atoms with van der Waals surface area (Å²) in [5, 5.41) is 4.79. The highest BCUT2D eigenvalue weighted by Crippen LogP contribution is 2.23. The van der Waals surface area contributed by atoms with Crippen molar-refractivity contribution in [2.45, 2.75) is 6.54 Å². The number of carbonyl (C=O) groups excluding carboxylic acids is 1. The van der Waals surface area contributed by atoms with E-state index in [0.29, 0.717) is 28.5 Å². The van der Waals surface area contributed by atoms with Crippen LogP contribution in [0, 0.1) is 0 Å². The maximum Gasteiger partial charge on any atom is 0.261 e. The van der Waals surface area contributed by atoms with Crippen LogP contribution in [0.5, 0.6) is 0 Å². The lowest BCUT2D eigenvalue weighted by Crippen LogP contribution is -2.21. The summed E-state index contributed by atoms with van der Waals surface area (Å²) in [6, 6.07) is 15.1. The molecular formula is C18H13N3O2S. The Bertz CT molecular complexity index is 942. The van der Waals surface area contributed by atoms with E-state index in [1.54, 1.807) is 6.20 Å². The van der Waals surface area contributed by atoms with Crippen LogP contribution < -0.4 is 5.32 Å². The Morgan fingerprint density at radius 2 is 2.00 bits per heavy atom. The molecule has 0 saturated carbocycles. The number of carbonyl (C=O) groups is 1. The number of benzene rings is 1. The van der Waals surface area contributed by atoms with Crippen molar-refractivity contribution in [2.24, 2.45) is 0 Å². The number of fused-ring (bicyclic) bond motifs is 1. The van der Waals surface area contributed by atoms with E-state index in [4.69, 9.17) is 4.42 Å². The van der Waals surface area contributed by atoms with Crippen LogP contribution >= 0.6 is 11.3 Å². The first-order valence-electron chi connectivity index (χ1n) is 7.42. The Kier molecular flexibility index (Phi) is 3.80. The van der Waals surface area contributed by atoms with Crippen molar-refractivity contribution in [3.8, 4) is 11.5 Å². The molecule has 5 nitrogen and oxygen atoms in total. The van der Waals surface area contributed by atoms with E-state index in [9.17, 15) is 4.79 Å². The van der Waals surface area contributed by atoms with Crippen LogP contribution in [-0.2, 0) is 6.54 Å². The van der Waals surface area contributed by atoms with Gasteiger partial charge in [0.15, 0.2) is 11.2 Å². The molecule has 0 aliphatic rings. The van der Waals surface area contributed by atoms with Gasteiger partial charge in [-0.2, -0.15) is 4.98 Å². The van der Waals surface area contributed by atoms with E-state index < -0.39 is 0 Å². The van der Waals surface area contributed by atoms with Gasteiger partial charge in [-0.15, -0.1) is 11.3 Å². The van der Waals surface area contributed by atoms with Gasteiger partial charge in [-0.25, -0.2) is 4.98 Å². The zero-order chi connectivity index (χ0) is 16.4. The molecule has 0 fully saturated rings. The molecule has 1 amide bonds. The Labute approximate surface area is 142 Å². The number of nitrogens with one attached hydrogen (secondary N) is 1. The van der Waals surface area contributed by atoms with Crippen LogP contribution in [0.2, 0.25) is 0 Å². The predicted molar refractivity (Wildman–Crippen MR) is 92.7 cm³/mol. The Balaban J connectivity index is 1.47. The first kappa shape index (κ1) is 14.6. The number of aromatic nitrogens is 2. The van der Waals surface area contributed by atoms with E-state index in [2.05, 4.69) is 15.3 Å². The van der Waals surface area contributed by atoms with Gasteiger partial charge >= 0.3 is 0 Å². The van der Waals surface area contributed by atoms with E-state index in [1.807, 2.05) is 53.9 Å². The molecule has 0 atom stereocenters. The van der Waals surface area contributed by atoms with Gasteiger partial charge in [-0.3, -0.25) is 4.79 Å². The van der Waals surface area contributed by atoms with Crippen molar-refractivity contribution in [3.05, 3.63) is 70.5 Å². The summed E-state index contributed by atoms with van der Waals surface area (Å²) in [5.41, 5.74) is 3.15. The predicted octanol–water partition coefficient (Wildman–Crippen LogP) is 3.88. The van der Waals surface area contributed by atoms with Gasteiger partial charge in [0, 0.05) is 18.3 Å². The Morgan fingerprint density at radius 1 is 1.12 bits per heavy atom. The Hall–Kier alpha value is -2.99. The maximum absolute atomic E-state index is 11.9. The Morgan fingerprint density at radius 3 is 2.75 bits per heavy atom. The molecule has 0 bridgehead atoms. The highest BCUT2D eigenvalue weighted by atomic mass is 32.1. The van der Waals surface area contributed by atoms with Gasteiger partial charge in [-0.1, -0.05) is 18.2 Å². The summed E-state index contributed by atoms with van der Waals surface area (Å²) in [6.45, 7) is 0.478. The fourth-order valence-corrected chi connectivity index (χ4v) is 2.97. The first-order valence-corrected chi connectivity index (χ1v) is 8.30. The van der Waals surface area contributed by atoms with Crippen LogP contribution in [0.4, 0.5) is 0 Å². The topological polar surface area (TPSA) is 68.0 Å². The summed E-state index contributed by atoms with van der Waals surface area (Å²) < 4.78 is 5.70. The normalized spacial score (nSPS) is 10.8. The smallest absolute Gasteiger partial charge is 0.261 e. The number of pyridine rings is 1. The van der Waals surface area contributed by atoms with Gasteiger partial charge in [0.2, 0.25) is 5.89 Å². The summed E-state index contributed by atoms with van der Waals surface area (Å²) in [4.78, 5) is 21.2. The van der Waals surface area contributed by atoms with Crippen LogP contribution in [-0.4, -0.2) is 15.9 Å². The lowest BCUT2D eigenvalue weighted by atomic mass is 10.1. The number of oxazole rings is 1. The zero-order valence-electron chi connectivity index (χ0n) is 12.6. The minimum atomic E-state index is -0.0564. The van der Waals surface area contributed by atoms with Gasteiger partial charge in [0.05, 0.1) is 4.88 Å². The molecule has 3 aromatic heterocycles. The third-order valence-electron chi connectivity index (χ3n) is 3.56. The standard InChI is InChI=1S/C18H13N3O2S/c22-17(15-4-2-10-24-15)20-11-12-5-7-13(8-6-12)18-21-16-14(23-18)3-1-9-19-16/h1-10H,11H2,(H,20,22). The number of amides is 1. The van der Waals surface area contributed by atoms with Crippen molar-refractivity contribution >= 4 is 28.5 Å². The number of rotatable bonds is 4. The molecule has 0 radical (unpaired) electrons. The lowest BCUT2D eigenvalue weighted by molar-refractivity contribution is 0.0955. The van der Waals surface area contributed by atoms with Crippen LogP contribution in [0.15, 0.2) is 64.5 Å². The number of thiophene rings is 1. The quantitative estimate of drug-likeness (QED) is 0.614. The van der Waals surface area contributed by atoms with Crippen LogP contribution in [0.3, 0.4) is 0 Å². The molecule has 0 saturated heterocycles. The average molecular weight is 335 g/mol. The fraction of sp³-hybridized carbons (Fsp3) is 0.0556. The third-order valence-corrected chi connectivity index (χ3v) is 4.43. The number of nitrogens with zero attached hydrogens (tertiary/aromatic N) is 2. The molecule has 0 aliphatic carbocycles. The van der Waals surface area contributed by atoms with Gasteiger partial charge < -0.3 is 9.73 Å². The third kappa shape index (κ3) is 2.91. The molecule has 4 rings (SSSR count). The highest BCUT2D eigenvalue weighted by molar-refractivity contribution is 7.12. The minimum absolute atomic E-state index is 0.0564. The second-order valence-corrected chi connectivity index (χ2v) is 6.15. The van der Waals surface area contributed by atoms with Crippen molar-refractivity contribution < 1.29 is 9.21 Å². The van der Waals surface area contributed by atoms with E-state index in [0.717, 1.165) is 11.1 Å². The first-order chi connectivity index (χ1) is 11.8. The molecule has 6 heteroatoms. The van der Waals surface area contributed by atoms with Crippen LogP contribution in [0.1, 0.15) is 15.2 Å². The highest BCUT2D eigenvalue weighted by Gasteiger charge is 2.09. The van der Waals surface area contributed by atoms with E-state index in [1.165, 1.54) is 11.3 Å². The molecule has 0 spiro atoms. The van der Waals surface area contributed by atoms with E-state index in [-0.39, 0.29) is 5.91 Å². The lowest BCUT2D eigenvalue weighted by Gasteiger charge is -2.04. The number of hydrogen-bond acceptors (Lipinski definition) is 5. The largest absolute Gasteiger partial charge is 0.434 e. The molecule has 4 aromatic rings. The van der Waals surface area contributed by atoms with Gasteiger partial charge in [-0.05, 0) is 41.3 Å². The SMILES string of the molecule is O=C(NCc1ccc(-c2nc3ncccc3o2)cc1)c1cccs1. The van der Waals surface area contributed by atoms with Crippen LogP contribution in [0.25, 0.3) is 22.7 Å². The minimum Gasteiger partial charge on any atom is -0.434 e.